The molecule has 3 nitrogen and oxygen atoms in total. The zero-order valence-corrected chi connectivity index (χ0v) is 11.4. The molecular weight excluding hydrogens is 222 g/mol. The summed E-state index contributed by atoms with van der Waals surface area (Å²) in [6, 6.07) is 8.70. The van der Waals surface area contributed by atoms with Crippen LogP contribution in [0.25, 0.3) is 11.3 Å². The lowest BCUT2D eigenvalue weighted by Crippen LogP contribution is -2.13. The smallest absolute Gasteiger partial charge is 0.0681 e. The van der Waals surface area contributed by atoms with Crippen molar-refractivity contribution in [2.24, 2.45) is 7.05 Å². The molecule has 0 amide bonds. The second-order valence-corrected chi connectivity index (χ2v) is 4.67. The van der Waals surface area contributed by atoms with E-state index in [2.05, 4.69) is 48.5 Å². The van der Waals surface area contributed by atoms with Crippen molar-refractivity contribution in [3.63, 3.8) is 0 Å². The normalized spacial score (nSPS) is 10.8. The average molecular weight is 243 g/mol. The Balaban J connectivity index is 2.25. The van der Waals surface area contributed by atoms with Gasteiger partial charge in [-0.2, -0.15) is 5.10 Å². The van der Waals surface area contributed by atoms with Crippen LogP contribution in [0.1, 0.15) is 24.5 Å². The number of benzene rings is 1. The summed E-state index contributed by atoms with van der Waals surface area (Å²) < 4.78 is 1.92. The Morgan fingerprint density at radius 1 is 1.28 bits per heavy atom. The molecule has 0 atom stereocenters. The van der Waals surface area contributed by atoms with Crippen molar-refractivity contribution in [3.05, 3.63) is 41.6 Å². The fourth-order valence-corrected chi connectivity index (χ4v) is 2.10. The zero-order chi connectivity index (χ0) is 13.0. The molecule has 1 heterocycles. The third-order valence-corrected chi connectivity index (χ3v) is 3.15. The van der Waals surface area contributed by atoms with Gasteiger partial charge in [0.05, 0.1) is 5.69 Å². The molecule has 0 saturated carbocycles. The van der Waals surface area contributed by atoms with Crippen molar-refractivity contribution in [2.75, 3.05) is 6.54 Å². The van der Waals surface area contributed by atoms with Crippen LogP contribution in [0.4, 0.5) is 0 Å². The quantitative estimate of drug-likeness (QED) is 0.818. The molecule has 1 aromatic carbocycles. The molecule has 0 unspecified atom stereocenters. The molecule has 0 bridgehead atoms. The van der Waals surface area contributed by atoms with Crippen LogP contribution in [0, 0.1) is 6.92 Å². The van der Waals surface area contributed by atoms with Gasteiger partial charge in [0.15, 0.2) is 0 Å². The van der Waals surface area contributed by atoms with E-state index in [1.54, 1.807) is 0 Å². The van der Waals surface area contributed by atoms with E-state index in [-0.39, 0.29) is 0 Å². The summed E-state index contributed by atoms with van der Waals surface area (Å²) in [7, 11) is 1.98. The van der Waals surface area contributed by atoms with E-state index < -0.39 is 0 Å². The van der Waals surface area contributed by atoms with E-state index in [0.717, 1.165) is 13.1 Å². The van der Waals surface area contributed by atoms with Gasteiger partial charge in [-0.15, -0.1) is 0 Å². The molecule has 18 heavy (non-hydrogen) atoms. The van der Waals surface area contributed by atoms with Crippen molar-refractivity contribution < 1.29 is 0 Å². The van der Waals surface area contributed by atoms with E-state index in [0.29, 0.717) is 0 Å². The van der Waals surface area contributed by atoms with Crippen molar-refractivity contribution in [3.8, 4) is 11.3 Å². The third kappa shape index (κ3) is 2.79. The molecule has 0 radical (unpaired) electrons. The molecule has 0 aliphatic heterocycles. The van der Waals surface area contributed by atoms with E-state index in [1.807, 2.05) is 17.9 Å². The first kappa shape index (κ1) is 12.8. The second kappa shape index (κ2) is 5.83. The monoisotopic (exact) mass is 243 g/mol. The first-order valence-electron chi connectivity index (χ1n) is 6.51. The number of hydrogen-bond donors (Lipinski definition) is 1. The maximum absolute atomic E-state index is 4.24. The Bertz CT molecular complexity index is 514. The van der Waals surface area contributed by atoms with Crippen LogP contribution >= 0.6 is 0 Å². The highest BCUT2D eigenvalue weighted by Crippen LogP contribution is 2.23. The fourth-order valence-electron chi connectivity index (χ4n) is 2.10. The molecule has 96 valence electrons. The molecule has 0 aliphatic rings. The predicted molar refractivity (Wildman–Crippen MR) is 75.4 cm³/mol. The highest BCUT2D eigenvalue weighted by molar-refractivity contribution is 5.64. The van der Waals surface area contributed by atoms with Gasteiger partial charge < -0.3 is 5.32 Å². The molecule has 0 fully saturated rings. The van der Waals surface area contributed by atoms with Gasteiger partial charge in [-0.05, 0) is 43.1 Å². The average Bonchev–Trinajstić information content (AvgIpc) is 2.78. The standard InChI is InChI=1S/C15H21N3/c1-4-8-16-11-13-6-5-12(2)14(10-13)15-7-9-17-18(15)3/h5-7,9-10,16H,4,8,11H2,1-3H3. The van der Waals surface area contributed by atoms with E-state index in [1.165, 1.54) is 28.8 Å². The number of hydrogen-bond acceptors (Lipinski definition) is 2. The molecule has 2 rings (SSSR count). The molecular formula is C15H21N3. The zero-order valence-electron chi connectivity index (χ0n) is 11.4. The van der Waals surface area contributed by atoms with Gasteiger partial charge >= 0.3 is 0 Å². The first-order valence-corrected chi connectivity index (χ1v) is 6.51. The number of aryl methyl sites for hydroxylation is 2. The van der Waals surface area contributed by atoms with Gasteiger partial charge in [0, 0.05) is 25.4 Å². The van der Waals surface area contributed by atoms with Gasteiger partial charge in [0.25, 0.3) is 0 Å². The molecule has 1 aromatic heterocycles. The van der Waals surface area contributed by atoms with Gasteiger partial charge in [-0.1, -0.05) is 19.1 Å². The van der Waals surface area contributed by atoms with Crippen molar-refractivity contribution in [1.29, 1.82) is 0 Å². The minimum atomic E-state index is 0.930. The van der Waals surface area contributed by atoms with Crippen molar-refractivity contribution in [2.45, 2.75) is 26.8 Å². The number of aromatic nitrogens is 2. The summed E-state index contributed by atoms with van der Waals surface area (Å²) in [5.74, 6) is 0. The van der Waals surface area contributed by atoms with Crippen LogP contribution in [-0.4, -0.2) is 16.3 Å². The molecule has 1 N–H and O–H groups in total. The summed E-state index contributed by atoms with van der Waals surface area (Å²) in [6.45, 7) is 6.32. The largest absolute Gasteiger partial charge is 0.313 e. The van der Waals surface area contributed by atoms with Crippen LogP contribution in [0.3, 0.4) is 0 Å². The lowest BCUT2D eigenvalue weighted by molar-refractivity contribution is 0.675. The molecule has 0 aliphatic carbocycles. The minimum absolute atomic E-state index is 0.930. The SMILES string of the molecule is CCCNCc1ccc(C)c(-c2ccnn2C)c1. The molecule has 0 spiro atoms. The summed E-state index contributed by atoms with van der Waals surface area (Å²) in [4.78, 5) is 0. The summed E-state index contributed by atoms with van der Waals surface area (Å²) in [6.07, 6.45) is 3.01. The maximum atomic E-state index is 4.24. The third-order valence-electron chi connectivity index (χ3n) is 3.15. The number of rotatable bonds is 5. The second-order valence-electron chi connectivity index (χ2n) is 4.67. The Kier molecular flexibility index (Phi) is 4.15. The van der Waals surface area contributed by atoms with Crippen LogP contribution in [0.15, 0.2) is 30.5 Å². The Morgan fingerprint density at radius 2 is 2.11 bits per heavy atom. The predicted octanol–water partition coefficient (Wildman–Crippen LogP) is 2.90. The van der Waals surface area contributed by atoms with Crippen LogP contribution < -0.4 is 5.32 Å². The van der Waals surface area contributed by atoms with E-state index >= 15 is 0 Å². The fraction of sp³-hybridized carbons (Fsp3) is 0.400. The van der Waals surface area contributed by atoms with Crippen LogP contribution in [0.2, 0.25) is 0 Å². The molecule has 2 aromatic rings. The lowest BCUT2D eigenvalue weighted by Gasteiger charge is -2.10. The van der Waals surface area contributed by atoms with Gasteiger partial charge in [0.2, 0.25) is 0 Å². The van der Waals surface area contributed by atoms with E-state index in [9.17, 15) is 0 Å². The molecule has 0 saturated heterocycles. The van der Waals surface area contributed by atoms with Crippen LogP contribution in [0.5, 0.6) is 0 Å². The number of nitrogens with zero attached hydrogens (tertiary/aromatic N) is 2. The number of nitrogens with one attached hydrogen (secondary N) is 1. The van der Waals surface area contributed by atoms with Crippen LogP contribution in [-0.2, 0) is 13.6 Å². The summed E-state index contributed by atoms with van der Waals surface area (Å²) in [5, 5.41) is 7.68. The van der Waals surface area contributed by atoms with E-state index in [4.69, 9.17) is 0 Å². The van der Waals surface area contributed by atoms with Gasteiger partial charge in [0.1, 0.15) is 0 Å². The maximum Gasteiger partial charge on any atom is 0.0681 e. The Labute approximate surface area is 109 Å². The topological polar surface area (TPSA) is 29.9 Å². The molecule has 3 heteroatoms. The highest BCUT2D eigenvalue weighted by Gasteiger charge is 2.06. The van der Waals surface area contributed by atoms with Crippen molar-refractivity contribution in [1.82, 2.24) is 15.1 Å². The summed E-state index contributed by atoms with van der Waals surface area (Å²) >= 11 is 0. The summed E-state index contributed by atoms with van der Waals surface area (Å²) in [5.41, 5.74) is 5.05. The Hall–Kier alpha value is -1.61. The lowest BCUT2D eigenvalue weighted by atomic mass is 10.0. The van der Waals surface area contributed by atoms with Crippen molar-refractivity contribution >= 4 is 0 Å². The minimum Gasteiger partial charge on any atom is -0.313 e. The van der Waals surface area contributed by atoms with Gasteiger partial charge in [-0.3, -0.25) is 4.68 Å². The Morgan fingerprint density at radius 3 is 2.78 bits per heavy atom. The first-order chi connectivity index (χ1) is 8.72. The van der Waals surface area contributed by atoms with Gasteiger partial charge in [-0.25, -0.2) is 0 Å². The highest BCUT2D eigenvalue weighted by atomic mass is 15.3.